The topological polar surface area (TPSA) is 93.0 Å². The van der Waals surface area contributed by atoms with Crippen molar-refractivity contribution in [1.29, 1.82) is 0 Å². The molecule has 0 saturated carbocycles. The molecule has 2 amide bonds. The van der Waals surface area contributed by atoms with Crippen molar-refractivity contribution in [2.45, 2.75) is 25.9 Å². The fourth-order valence-electron chi connectivity index (χ4n) is 2.90. The van der Waals surface area contributed by atoms with Crippen molar-refractivity contribution in [2.24, 2.45) is 13.0 Å². The van der Waals surface area contributed by atoms with Gasteiger partial charge in [-0.25, -0.2) is 0 Å². The molecule has 1 aromatic heterocycles. The van der Waals surface area contributed by atoms with Gasteiger partial charge in [0, 0.05) is 13.0 Å². The third kappa shape index (κ3) is 3.42. The maximum absolute atomic E-state index is 12.3. The average Bonchev–Trinajstić information content (AvgIpc) is 3.18. The Balaban J connectivity index is 1.58. The molecule has 1 aliphatic heterocycles. The maximum Gasteiger partial charge on any atom is 0.225 e. The van der Waals surface area contributed by atoms with Crippen LogP contribution in [0.4, 0.5) is 0 Å². The van der Waals surface area contributed by atoms with Crippen LogP contribution in [-0.4, -0.2) is 43.5 Å². The number of amides is 2. The summed E-state index contributed by atoms with van der Waals surface area (Å²) in [5, 5.41) is 14.3. The first-order chi connectivity index (χ1) is 11.5. The van der Waals surface area contributed by atoms with E-state index >= 15 is 0 Å². The van der Waals surface area contributed by atoms with Gasteiger partial charge in [-0.2, -0.15) is 4.80 Å². The molecule has 1 aliphatic rings. The average molecular weight is 328 g/mol. The molecule has 0 aliphatic carbocycles. The van der Waals surface area contributed by atoms with Gasteiger partial charge in [0.2, 0.25) is 11.8 Å². The first-order valence-electron chi connectivity index (χ1n) is 7.89. The SMILES string of the molecule is C[C@H](c1ccccc1)N1C[C@H](C(=O)NCc2nnn(C)n2)CC1=O. The van der Waals surface area contributed by atoms with Gasteiger partial charge in [-0.1, -0.05) is 30.3 Å². The highest BCUT2D eigenvalue weighted by molar-refractivity contribution is 5.89. The molecule has 0 radical (unpaired) electrons. The Kier molecular flexibility index (Phi) is 4.54. The summed E-state index contributed by atoms with van der Waals surface area (Å²) in [5.74, 6) is -0.0484. The molecule has 8 heteroatoms. The van der Waals surface area contributed by atoms with Crippen LogP contribution in [0.1, 0.15) is 30.8 Å². The van der Waals surface area contributed by atoms with Gasteiger partial charge >= 0.3 is 0 Å². The number of aryl methyl sites for hydroxylation is 1. The van der Waals surface area contributed by atoms with Gasteiger partial charge in [0.05, 0.1) is 25.6 Å². The third-order valence-corrected chi connectivity index (χ3v) is 4.25. The molecule has 8 nitrogen and oxygen atoms in total. The summed E-state index contributed by atoms with van der Waals surface area (Å²) >= 11 is 0. The van der Waals surface area contributed by atoms with E-state index < -0.39 is 0 Å². The van der Waals surface area contributed by atoms with Crippen molar-refractivity contribution < 1.29 is 9.59 Å². The third-order valence-electron chi connectivity index (χ3n) is 4.25. The molecule has 2 aromatic rings. The van der Waals surface area contributed by atoms with Crippen LogP contribution in [0.2, 0.25) is 0 Å². The molecule has 1 N–H and O–H groups in total. The fourth-order valence-corrected chi connectivity index (χ4v) is 2.90. The monoisotopic (exact) mass is 328 g/mol. The van der Waals surface area contributed by atoms with E-state index in [0.717, 1.165) is 5.56 Å². The van der Waals surface area contributed by atoms with Crippen molar-refractivity contribution in [3.63, 3.8) is 0 Å². The lowest BCUT2D eigenvalue weighted by Crippen LogP contribution is -2.33. The van der Waals surface area contributed by atoms with Crippen LogP contribution in [0.25, 0.3) is 0 Å². The molecule has 0 spiro atoms. The summed E-state index contributed by atoms with van der Waals surface area (Å²) in [7, 11) is 1.66. The summed E-state index contributed by atoms with van der Waals surface area (Å²) in [5.41, 5.74) is 1.07. The number of tetrazole rings is 1. The van der Waals surface area contributed by atoms with Crippen LogP contribution in [0.3, 0.4) is 0 Å². The minimum Gasteiger partial charge on any atom is -0.348 e. The van der Waals surface area contributed by atoms with E-state index in [1.807, 2.05) is 37.3 Å². The normalized spacial score (nSPS) is 18.7. The van der Waals surface area contributed by atoms with E-state index in [0.29, 0.717) is 12.4 Å². The van der Waals surface area contributed by atoms with E-state index in [1.165, 1.54) is 4.80 Å². The molecule has 1 fully saturated rings. The zero-order valence-electron chi connectivity index (χ0n) is 13.7. The number of benzene rings is 1. The van der Waals surface area contributed by atoms with Crippen LogP contribution in [0.15, 0.2) is 30.3 Å². The van der Waals surface area contributed by atoms with Gasteiger partial charge < -0.3 is 10.2 Å². The lowest BCUT2D eigenvalue weighted by atomic mass is 10.1. The molecule has 0 bridgehead atoms. The molecule has 0 unspecified atom stereocenters. The first kappa shape index (κ1) is 16.1. The number of rotatable bonds is 5. The lowest BCUT2D eigenvalue weighted by molar-refractivity contribution is -0.130. The number of hydrogen-bond donors (Lipinski definition) is 1. The fraction of sp³-hybridized carbons (Fsp3) is 0.438. The number of likely N-dealkylation sites (tertiary alicyclic amines) is 1. The largest absolute Gasteiger partial charge is 0.348 e. The summed E-state index contributed by atoms with van der Waals surface area (Å²) in [6, 6.07) is 9.78. The molecule has 2 heterocycles. The Morgan fingerprint density at radius 1 is 1.38 bits per heavy atom. The standard InChI is InChI=1S/C16H20N6O2/c1-11(12-6-4-3-5-7-12)22-10-13(8-15(22)23)16(24)17-9-14-18-20-21(2)19-14/h3-7,11,13H,8-10H2,1-2H3,(H,17,24)/t11-,13-/m1/s1. The number of carbonyl (C=O) groups is 2. The van der Waals surface area contributed by atoms with E-state index in [4.69, 9.17) is 0 Å². The summed E-state index contributed by atoms with van der Waals surface area (Å²) in [6.45, 7) is 2.62. The highest BCUT2D eigenvalue weighted by atomic mass is 16.2. The number of nitrogens with one attached hydrogen (secondary N) is 1. The van der Waals surface area contributed by atoms with E-state index in [2.05, 4.69) is 20.7 Å². The van der Waals surface area contributed by atoms with Crippen LogP contribution >= 0.6 is 0 Å². The molecule has 1 aromatic carbocycles. The summed E-state index contributed by atoms with van der Waals surface area (Å²) < 4.78 is 0. The Morgan fingerprint density at radius 2 is 2.12 bits per heavy atom. The quantitative estimate of drug-likeness (QED) is 0.859. The second-order valence-corrected chi connectivity index (χ2v) is 5.95. The Bertz CT molecular complexity index is 729. The minimum absolute atomic E-state index is 0.00382. The van der Waals surface area contributed by atoms with Crippen LogP contribution in [0.5, 0.6) is 0 Å². The smallest absolute Gasteiger partial charge is 0.225 e. The van der Waals surface area contributed by atoms with Gasteiger partial charge in [0.1, 0.15) is 0 Å². The maximum atomic E-state index is 12.3. The Hall–Kier alpha value is -2.77. The highest BCUT2D eigenvalue weighted by Gasteiger charge is 2.36. The first-order valence-corrected chi connectivity index (χ1v) is 7.89. The van der Waals surface area contributed by atoms with Gasteiger partial charge in [-0.05, 0) is 17.7 Å². The summed E-state index contributed by atoms with van der Waals surface area (Å²) in [4.78, 5) is 27.7. The number of hydrogen-bond acceptors (Lipinski definition) is 5. The van der Waals surface area contributed by atoms with Crippen molar-refractivity contribution in [3.05, 3.63) is 41.7 Å². The Morgan fingerprint density at radius 3 is 2.79 bits per heavy atom. The van der Waals surface area contributed by atoms with E-state index in [9.17, 15) is 9.59 Å². The molecule has 126 valence electrons. The molecule has 1 saturated heterocycles. The number of aromatic nitrogens is 4. The predicted molar refractivity (Wildman–Crippen MR) is 85.3 cm³/mol. The predicted octanol–water partition coefficient (Wildman–Crippen LogP) is 0.436. The highest BCUT2D eigenvalue weighted by Crippen LogP contribution is 2.28. The molecule has 24 heavy (non-hydrogen) atoms. The number of nitrogens with zero attached hydrogens (tertiary/aromatic N) is 5. The number of carbonyl (C=O) groups excluding carboxylic acids is 2. The van der Waals surface area contributed by atoms with Gasteiger partial charge in [-0.3, -0.25) is 9.59 Å². The van der Waals surface area contributed by atoms with E-state index in [-0.39, 0.29) is 36.7 Å². The minimum atomic E-state index is -0.347. The van der Waals surface area contributed by atoms with Crippen molar-refractivity contribution >= 4 is 11.8 Å². The van der Waals surface area contributed by atoms with Crippen LogP contribution in [0, 0.1) is 5.92 Å². The van der Waals surface area contributed by atoms with Crippen LogP contribution in [-0.2, 0) is 23.2 Å². The zero-order valence-corrected chi connectivity index (χ0v) is 13.7. The zero-order chi connectivity index (χ0) is 17.1. The van der Waals surface area contributed by atoms with Crippen molar-refractivity contribution in [1.82, 2.24) is 30.4 Å². The Labute approximate surface area is 139 Å². The molecular formula is C16H20N6O2. The van der Waals surface area contributed by atoms with Crippen LogP contribution < -0.4 is 5.32 Å². The lowest BCUT2D eigenvalue weighted by Gasteiger charge is -2.25. The van der Waals surface area contributed by atoms with Crippen molar-refractivity contribution in [3.8, 4) is 0 Å². The molecule has 2 atom stereocenters. The van der Waals surface area contributed by atoms with Gasteiger partial charge in [-0.15, -0.1) is 10.2 Å². The second-order valence-electron chi connectivity index (χ2n) is 5.95. The van der Waals surface area contributed by atoms with E-state index in [1.54, 1.807) is 11.9 Å². The van der Waals surface area contributed by atoms with Crippen molar-refractivity contribution in [2.75, 3.05) is 6.54 Å². The second kappa shape index (κ2) is 6.77. The molecule has 3 rings (SSSR count). The summed E-state index contributed by atoms with van der Waals surface area (Å²) in [6.07, 6.45) is 0.233. The van der Waals surface area contributed by atoms with Gasteiger partial charge in [0.25, 0.3) is 0 Å². The van der Waals surface area contributed by atoms with Gasteiger partial charge in [0.15, 0.2) is 5.82 Å². The molecular weight excluding hydrogens is 308 g/mol.